The number of ether oxygens (including phenoxy) is 2. The molecule has 4 aromatic carbocycles. The topological polar surface area (TPSA) is 114 Å². The number of nitrogens with one attached hydrogen (secondary N) is 2. The third kappa shape index (κ3) is 8.05. The summed E-state index contributed by atoms with van der Waals surface area (Å²) < 4.78 is 38.1. The summed E-state index contributed by atoms with van der Waals surface area (Å²) in [5, 5.41) is 0.979. The number of hydrogen-bond donors (Lipinski definition) is 2. The average molecular weight is 643 g/mol. The Kier molecular flexibility index (Phi) is 10.3. The van der Waals surface area contributed by atoms with Crippen molar-refractivity contribution in [2.24, 2.45) is 0 Å². The number of amides is 2. The van der Waals surface area contributed by atoms with Crippen LogP contribution in [0.25, 0.3) is 0 Å². The number of nitrogens with zero attached hydrogens (tertiary/aromatic N) is 1. The molecular weight excluding hydrogens is 613 g/mol. The first-order valence-electron chi connectivity index (χ1n) is 13.0. The largest absolute Gasteiger partial charge is 0.493 e. The molecule has 0 unspecified atom stereocenters. The summed E-state index contributed by atoms with van der Waals surface area (Å²) in [7, 11) is -0.733. The second kappa shape index (κ2) is 13.9. The van der Waals surface area contributed by atoms with Gasteiger partial charge >= 0.3 is 0 Å². The molecule has 0 aliphatic carbocycles. The monoisotopic (exact) mass is 641 g/mol. The predicted molar refractivity (Wildman–Crippen MR) is 165 cm³/mol. The van der Waals surface area contributed by atoms with Crippen molar-refractivity contribution in [3.8, 4) is 11.5 Å². The highest BCUT2D eigenvalue weighted by atomic mass is 35.5. The van der Waals surface area contributed by atoms with Gasteiger partial charge in [0.15, 0.2) is 11.5 Å². The maximum atomic E-state index is 12.9. The van der Waals surface area contributed by atoms with Crippen molar-refractivity contribution < 1.29 is 27.5 Å². The third-order valence-corrected chi connectivity index (χ3v) is 8.87. The lowest BCUT2D eigenvalue weighted by molar-refractivity contribution is 0.0846. The zero-order chi connectivity index (χ0) is 31.1. The highest BCUT2D eigenvalue weighted by Gasteiger charge is 2.21. The van der Waals surface area contributed by atoms with E-state index in [0.717, 1.165) is 11.1 Å². The quantitative estimate of drug-likeness (QED) is 0.212. The number of rotatable bonds is 10. The fourth-order valence-electron chi connectivity index (χ4n) is 3.97. The number of hydrazine groups is 1. The van der Waals surface area contributed by atoms with E-state index in [1.807, 2.05) is 6.92 Å². The lowest BCUT2D eigenvalue weighted by atomic mass is 10.1. The number of sulfonamides is 1. The first kappa shape index (κ1) is 31.8. The number of methoxy groups -OCH3 is 1. The zero-order valence-corrected chi connectivity index (χ0v) is 25.9. The van der Waals surface area contributed by atoms with Crippen molar-refractivity contribution in [1.82, 2.24) is 15.2 Å². The molecule has 12 heteroatoms. The Hall–Kier alpha value is -4.09. The molecule has 2 amide bonds. The van der Waals surface area contributed by atoms with Crippen LogP contribution in [0.5, 0.6) is 11.5 Å². The van der Waals surface area contributed by atoms with Crippen molar-refractivity contribution in [3.05, 3.63) is 123 Å². The Morgan fingerprint density at radius 3 is 2.07 bits per heavy atom. The minimum absolute atomic E-state index is 0.114. The van der Waals surface area contributed by atoms with Crippen molar-refractivity contribution in [2.45, 2.75) is 25.0 Å². The minimum Gasteiger partial charge on any atom is -0.493 e. The normalized spacial score (nSPS) is 11.2. The van der Waals surface area contributed by atoms with Gasteiger partial charge in [0.2, 0.25) is 10.0 Å². The van der Waals surface area contributed by atoms with Gasteiger partial charge < -0.3 is 9.47 Å². The number of aryl methyl sites for hydroxylation is 1. The van der Waals surface area contributed by atoms with Crippen molar-refractivity contribution in [1.29, 1.82) is 0 Å². The van der Waals surface area contributed by atoms with E-state index in [1.54, 1.807) is 72.8 Å². The second-order valence-corrected chi connectivity index (χ2v) is 12.5. The summed E-state index contributed by atoms with van der Waals surface area (Å²) in [6.45, 7) is 2.16. The maximum absolute atomic E-state index is 12.9. The van der Waals surface area contributed by atoms with Gasteiger partial charge in [-0.2, -0.15) is 4.31 Å². The van der Waals surface area contributed by atoms with Crippen LogP contribution in [0.3, 0.4) is 0 Å². The lowest BCUT2D eigenvalue weighted by Crippen LogP contribution is -2.41. The molecule has 0 fully saturated rings. The first-order chi connectivity index (χ1) is 20.5. The van der Waals surface area contributed by atoms with Gasteiger partial charge in [0.05, 0.1) is 12.0 Å². The van der Waals surface area contributed by atoms with Crippen LogP contribution in [0.1, 0.15) is 37.4 Å². The summed E-state index contributed by atoms with van der Waals surface area (Å²) in [5.74, 6) is -0.411. The molecule has 4 rings (SSSR count). The lowest BCUT2D eigenvalue weighted by Gasteiger charge is -2.17. The van der Waals surface area contributed by atoms with E-state index in [2.05, 4.69) is 10.9 Å². The number of benzene rings is 4. The maximum Gasteiger partial charge on any atom is 0.269 e. The summed E-state index contributed by atoms with van der Waals surface area (Å²) >= 11 is 12.1. The molecule has 43 heavy (non-hydrogen) atoms. The Labute approximate surface area is 260 Å². The smallest absolute Gasteiger partial charge is 0.269 e. The van der Waals surface area contributed by atoms with Gasteiger partial charge in [-0.3, -0.25) is 20.4 Å². The molecule has 0 aliphatic heterocycles. The molecule has 0 heterocycles. The molecule has 4 aromatic rings. The van der Waals surface area contributed by atoms with Crippen molar-refractivity contribution >= 4 is 45.0 Å². The van der Waals surface area contributed by atoms with Crippen LogP contribution >= 0.6 is 23.2 Å². The van der Waals surface area contributed by atoms with E-state index in [4.69, 9.17) is 32.7 Å². The van der Waals surface area contributed by atoms with Gasteiger partial charge in [-0.1, -0.05) is 59.1 Å². The Bertz CT molecular complexity index is 1730. The number of carbonyl (C=O) groups excluding carboxylic acids is 2. The summed E-state index contributed by atoms with van der Waals surface area (Å²) in [6, 6.07) is 22.7. The van der Waals surface area contributed by atoms with E-state index < -0.39 is 21.8 Å². The number of hydrogen-bond acceptors (Lipinski definition) is 6. The van der Waals surface area contributed by atoms with Gasteiger partial charge in [0, 0.05) is 40.3 Å². The first-order valence-corrected chi connectivity index (χ1v) is 15.1. The zero-order valence-electron chi connectivity index (χ0n) is 23.6. The Morgan fingerprint density at radius 1 is 0.814 bits per heavy atom. The molecule has 2 N–H and O–H groups in total. The summed E-state index contributed by atoms with van der Waals surface area (Å²) in [5.41, 5.74) is 7.63. The van der Waals surface area contributed by atoms with Gasteiger partial charge in [0.1, 0.15) is 6.61 Å². The fraction of sp³-hybridized carbons (Fsp3) is 0.161. The van der Waals surface area contributed by atoms with Crippen LogP contribution in [-0.2, 0) is 23.2 Å². The molecule has 0 spiro atoms. The van der Waals surface area contributed by atoms with Gasteiger partial charge in [-0.15, -0.1) is 0 Å². The van der Waals surface area contributed by atoms with E-state index in [0.29, 0.717) is 27.1 Å². The second-order valence-electron chi connectivity index (χ2n) is 9.57. The Balaban J connectivity index is 1.32. The third-order valence-electron chi connectivity index (χ3n) is 6.46. The van der Waals surface area contributed by atoms with E-state index >= 15 is 0 Å². The van der Waals surface area contributed by atoms with Crippen LogP contribution in [0.4, 0.5) is 0 Å². The molecule has 0 saturated heterocycles. The summed E-state index contributed by atoms with van der Waals surface area (Å²) in [6.07, 6.45) is 0. The standard InChI is InChI=1S/C31H29Cl2N3O6S/c1-20-4-13-26(14-5-20)43(39,40)36(2)18-21-6-8-22(9-7-21)30(37)34-35-31(38)23-11-15-28(29(16-23)41-3)42-19-24-10-12-25(32)17-27(24)33/h4-17H,18-19H2,1-3H3,(H,34,37)(H,35,38). The molecule has 0 aromatic heterocycles. The van der Waals surface area contributed by atoms with Gasteiger partial charge in [-0.25, -0.2) is 8.42 Å². The predicted octanol–water partition coefficient (Wildman–Crippen LogP) is 5.78. The van der Waals surface area contributed by atoms with Crippen LogP contribution in [-0.4, -0.2) is 38.7 Å². The average Bonchev–Trinajstić information content (AvgIpc) is 2.99. The van der Waals surface area contributed by atoms with Crippen LogP contribution in [0.2, 0.25) is 10.0 Å². The molecule has 0 saturated carbocycles. The highest BCUT2D eigenvalue weighted by molar-refractivity contribution is 7.89. The van der Waals surface area contributed by atoms with Crippen LogP contribution in [0, 0.1) is 6.92 Å². The molecule has 9 nitrogen and oxygen atoms in total. The summed E-state index contributed by atoms with van der Waals surface area (Å²) in [4.78, 5) is 25.5. The van der Waals surface area contributed by atoms with E-state index in [9.17, 15) is 18.0 Å². The molecular formula is C31H29Cl2N3O6S. The van der Waals surface area contributed by atoms with E-state index in [1.165, 1.54) is 30.6 Å². The van der Waals surface area contributed by atoms with Crippen molar-refractivity contribution in [3.63, 3.8) is 0 Å². The van der Waals surface area contributed by atoms with Gasteiger partial charge in [0.25, 0.3) is 11.8 Å². The van der Waals surface area contributed by atoms with Gasteiger partial charge in [-0.05, 0) is 67.1 Å². The molecule has 0 atom stereocenters. The highest BCUT2D eigenvalue weighted by Crippen LogP contribution is 2.30. The van der Waals surface area contributed by atoms with Crippen molar-refractivity contribution in [2.75, 3.05) is 14.2 Å². The van der Waals surface area contributed by atoms with E-state index in [-0.39, 0.29) is 29.2 Å². The molecule has 0 aliphatic rings. The molecule has 0 radical (unpaired) electrons. The minimum atomic E-state index is -3.67. The van der Waals surface area contributed by atoms with Crippen LogP contribution < -0.4 is 20.3 Å². The van der Waals surface area contributed by atoms with Crippen LogP contribution in [0.15, 0.2) is 89.8 Å². The Morgan fingerprint density at radius 2 is 1.44 bits per heavy atom. The SMILES string of the molecule is COc1cc(C(=O)NNC(=O)c2ccc(CN(C)S(=O)(=O)c3ccc(C)cc3)cc2)ccc1OCc1ccc(Cl)cc1Cl. The molecule has 224 valence electrons. The fourth-order valence-corrected chi connectivity index (χ4v) is 5.60. The number of halogens is 2. The number of carbonyl (C=O) groups is 2. The molecule has 0 bridgehead atoms.